The summed E-state index contributed by atoms with van der Waals surface area (Å²) in [6, 6.07) is 12.2. The Morgan fingerprint density at radius 3 is 2.57 bits per heavy atom. The van der Waals surface area contributed by atoms with E-state index in [9.17, 15) is 22.8 Å². The molecule has 2 aromatic carbocycles. The fraction of sp³-hybridized carbons (Fsp3) is 0.200. The molecule has 1 aliphatic heterocycles. The first-order chi connectivity index (χ1) is 13.3. The maximum atomic E-state index is 13.1. The highest BCUT2D eigenvalue weighted by atomic mass is 32.2. The van der Waals surface area contributed by atoms with Gasteiger partial charge in [-0.3, -0.25) is 14.5 Å². The molecule has 0 saturated carbocycles. The standard InChI is InChI=1S/C20H16F3NO3S/c1-13-5-4-7-15(11-13)27-10-9-24-18(25)17(28-19(24)26)12-14-6-2-3-8-16(14)20(21,22)23/h2-8,11-12H,9-10H2,1H3/b17-12-. The molecule has 1 aliphatic rings. The number of rotatable bonds is 5. The van der Waals surface area contributed by atoms with Gasteiger partial charge < -0.3 is 4.74 Å². The zero-order chi connectivity index (χ0) is 20.3. The summed E-state index contributed by atoms with van der Waals surface area (Å²) in [4.78, 5) is 25.5. The van der Waals surface area contributed by atoms with Crippen molar-refractivity contribution in [2.24, 2.45) is 0 Å². The zero-order valence-electron chi connectivity index (χ0n) is 14.8. The van der Waals surface area contributed by atoms with Crippen LogP contribution in [-0.4, -0.2) is 29.2 Å². The molecule has 0 aromatic heterocycles. The van der Waals surface area contributed by atoms with Crippen LogP contribution in [-0.2, 0) is 11.0 Å². The lowest BCUT2D eigenvalue weighted by Crippen LogP contribution is -2.32. The van der Waals surface area contributed by atoms with Gasteiger partial charge in [0.2, 0.25) is 0 Å². The maximum Gasteiger partial charge on any atom is 0.416 e. The van der Waals surface area contributed by atoms with Gasteiger partial charge in [-0.2, -0.15) is 13.2 Å². The molecule has 2 aromatic rings. The number of ether oxygens (including phenoxy) is 1. The number of thioether (sulfide) groups is 1. The van der Waals surface area contributed by atoms with E-state index in [0.717, 1.165) is 22.6 Å². The Hall–Kier alpha value is -2.74. The summed E-state index contributed by atoms with van der Waals surface area (Å²) >= 11 is 0.620. The fourth-order valence-corrected chi connectivity index (χ4v) is 3.53. The van der Waals surface area contributed by atoms with E-state index in [4.69, 9.17) is 4.74 Å². The quantitative estimate of drug-likeness (QED) is 0.645. The fourth-order valence-electron chi connectivity index (χ4n) is 2.67. The molecule has 8 heteroatoms. The van der Waals surface area contributed by atoms with Crippen LogP contribution in [0.4, 0.5) is 18.0 Å². The molecule has 2 amide bonds. The number of alkyl halides is 3. The second kappa shape index (κ2) is 8.10. The highest BCUT2D eigenvalue weighted by Crippen LogP contribution is 2.36. The minimum absolute atomic E-state index is 0.0108. The minimum atomic E-state index is -4.55. The van der Waals surface area contributed by atoms with Crippen LogP contribution in [0.25, 0.3) is 6.08 Å². The first kappa shape index (κ1) is 20.0. The highest BCUT2D eigenvalue weighted by molar-refractivity contribution is 8.18. The van der Waals surface area contributed by atoms with Crippen LogP contribution in [0.2, 0.25) is 0 Å². The Balaban J connectivity index is 1.71. The molecule has 0 unspecified atom stereocenters. The second-order valence-corrected chi connectivity index (χ2v) is 7.08. The SMILES string of the molecule is Cc1cccc(OCCN2C(=O)S/C(=C\c3ccccc3C(F)(F)F)C2=O)c1. The number of halogens is 3. The van der Waals surface area contributed by atoms with E-state index < -0.39 is 22.9 Å². The Kier molecular flexibility index (Phi) is 5.79. The van der Waals surface area contributed by atoms with Crippen LogP contribution in [0.1, 0.15) is 16.7 Å². The van der Waals surface area contributed by atoms with Gasteiger partial charge in [-0.15, -0.1) is 0 Å². The van der Waals surface area contributed by atoms with Crippen molar-refractivity contribution in [3.63, 3.8) is 0 Å². The number of imide groups is 1. The van der Waals surface area contributed by atoms with Gasteiger partial charge in [0.05, 0.1) is 17.0 Å². The van der Waals surface area contributed by atoms with Crippen LogP contribution in [0.15, 0.2) is 53.4 Å². The molecule has 1 fully saturated rings. The van der Waals surface area contributed by atoms with E-state index in [2.05, 4.69) is 0 Å². The summed E-state index contributed by atoms with van der Waals surface area (Å²) in [5.74, 6) is -0.0126. The van der Waals surface area contributed by atoms with Gasteiger partial charge in [0.15, 0.2) is 0 Å². The van der Waals surface area contributed by atoms with E-state index in [1.165, 1.54) is 18.2 Å². The molecular weight excluding hydrogens is 391 g/mol. The summed E-state index contributed by atoms with van der Waals surface area (Å²) in [6.07, 6.45) is -3.44. The van der Waals surface area contributed by atoms with E-state index in [1.54, 1.807) is 6.07 Å². The average Bonchev–Trinajstić information content (AvgIpc) is 2.89. The predicted octanol–water partition coefficient (Wildman–Crippen LogP) is 5.13. The first-order valence-electron chi connectivity index (χ1n) is 8.37. The van der Waals surface area contributed by atoms with E-state index in [0.29, 0.717) is 17.5 Å². The summed E-state index contributed by atoms with van der Waals surface area (Å²) in [5, 5.41) is -0.534. The third kappa shape index (κ3) is 4.56. The van der Waals surface area contributed by atoms with E-state index >= 15 is 0 Å². The third-order valence-electron chi connectivity index (χ3n) is 4.00. The van der Waals surface area contributed by atoms with Gasteiger partial charge >= 0.3 is 6.18 Å². The number of aryl methyl sites for hydroxylation is 1. The van der Waals surface area contributed by atoms with Crippen molar-refractivity contribution in [3.05, 3.63) is 70.1 Å². The number of nitrogens with zero attached hydrogens (tertiary/aromatic N) is 1. The molecule has 0 bridgehead atoms. The van der Waals surface area contributed by atoms with E-state index in [-0.39, 0.29) is 23.6 Å². The van der Waals surface area contributed by atoms with Gasteiger partial charge in [-0.1, -0.05) is 30.3 Å². The third-order valence-corrected chi connectivity index (χ3v) is 4.91. The Labute approximate surface area is 164 Å². The van der Waals surface area contributed by atoms with Crippen LogP contribution in [0.5, 0.6) is 5.75 Å². The molecule has 0 aliphatic carbocycles. The van der Waals surface area contributed by atoms with E-state index in [1.807, 2.05) is 25.1 Å². The van der Waals surface area contributed by atoms with Gasteiger partial charge in [-0.25, -0.2) is 0 Å². The van der Waals surface area contributed by atoms with Gasteiger partial charge in [0, 0.05) is 0 Å². The van der Waals surface area contributed by atoms with Gasteiger partial charge in [-0.05, 0) is 54.1 Å². The molecule has 4 nitrogen and oxygen atoms in total. The number of hydrogen-bond acceptors (Lipinski definition) is 4. The zero-order valence-corrected chi connectivity index (χ0v) is 15.6. The molecule has 1 heterocycles. The second-order valence-electron chi connectivity index (χ2n) is 6.08. The van der Waals surface area contributed by atoms with Gasteiger partial charge in [0.25, 0.3) is 11.1 Å². The van der Waals surface area contributed by atoms with Crippen molar-refractivity contribution in [1.82, 2.24) is 4.90 Å². The average molecular weight is 407 g/mol. The lowest BCUT2D eigenvalue weighted by molar-refractivity contribution is -0.137. The Morgan fingerprint density at radius 1 is 1.11 bits per heavy atom. The van der Waals surface area contributed by atoms with Crippen molar-refractivity contribution in [1.29, 1.82) is 0 Å². The van der Waals surface area contributed by atoms with Crippen molar-refractivity contribution < 1.29 is 27.5 Å². The van der Waals surface area contributed by atoms with Crippen LogP contribution in [0, 0.1) is 6.92 Å². The predicted molar refractivity (Wildman–Crippen MR) is 101 cm³/mol. The Morgan fingerprint density at radius 2 is 1.86 bits per heavy atom. The largest absolute Gasteiger partial charge is 0.492 e. The normalized spacial score (nSPS) is 16.1. The van der Waals surface area contributed by atoms with Crippen molar-refractivity contribution >= 4 is 29.0 Å². The van der Waals surface area contributed by atoms with Crippen LogP contribution in [0.3, 0.4) is 0 Å². The molecule has 0 atom stereocenters. The van der Waals surface area contributed by atoms with Crippen molar-refractivity contribution in [3.8, 4) is 5.75 Å². The number of hydrogen-bond donors (Lipinski definition) is 0. The van der Waals surface area contributed by atoms with Gasteiger partial charge in [0.1, 0.15) is 12.4 Å². The van der Waals surface area contributed by atoms with Crippen LogP contribution >= 0.6 is 11.8 Å². The number of amides is 2. The van der Waals surface area contributed by atoms with Crippen molar-refractivity contribution in [2.75, 3.05) is 13.2 Å². The monoisotopic (exact) mass is 407 g/mol. The molecule has 0 radical (unpaired) electrons. The lowest BCUT2D eigenvalue weighted by Gasteiger charge is -2.13. The molecule has 3 rings (SSSR count). The lowest BCUT2D eigenvalue weighted by atomic mass is 10.1. The molecular formula is C20H16F3NO3S. The summed E-state index contributed by atoms with van der Waals surface area (Å²) in [7, 11) is 0. The molecule has 1 saturated heterocycles. The Bertz CT molecular complexity index is 940. The number of carbonyl (C=O) groups excluding carboxylic acids is 2. The number of benzene rings is 2. The molecule has 0 N–H and O–H groups in total. The summed E-state index contributed by atoms with van der Waals surface area (Å²) in [5.41, 5.74) is -0.00368. The molecule has 0 spiro atoms. The highest BCUT2D eigenvalue weighted by Gasteiger charge is 2.37. The van der Waals surface area contributed by atoms with Crippen molar-refractivity contribution in [2.45, 2.75) is 13.1 Å². The topological polar surface area (TPSA) is 46.6 Å². The number of carbonyl (C=O) groups is 2. The molecule has 146 valence electrons. The van der Waals surface area contributed by atoms with Crippen LogP contribution < -0.4 is 4.74 Å². The maximum absolute atomic E-state index is 13.1. The summed E-state index contributed by atoms with van der Waals surface area (Å²) < 4.78 is 44.9. The minimum Gasteiger partial charge on any atom is -0.492 e. The smallest absolute Gasteiger partial charge is 0.416 e. The molecule has 28 heavy (non-hydrogen) atoms. The first-order valence-corrected chi connectivity index (χ1v) is 9.18. The summed E-state index contributed by atoms with van der Waals surface area (Å²) in [6.45, 7) is 2.01.